The topological polar surface area (TPSA) is 102 Å². The number of benzene rings is 2. The molecule has 3 amide bonds. The third-order valence-corrected chi connectivity index (χ3v) is 4.61. The number of nitro groups is 1. The zero-order chi connectivity index (χ0) is 19.4. The Hall–Kier alpha value is -3.42. The molecule has 1 N–H and O–H groups in total. The van der Waals surface area contributed by atoms with Crippen LogP contribution in [0.3, 0.4) is 0 Å². The first-order valence-electron chi connectivity index (χ1n) is 8.55. The van der Waals surface area contributed by atoms with E-state index in [-0.39, 0.29) is 30.5 Å². The van der Waals surface area contributed by atoms with Gasteiger partial charge in [-0.2, -0.15) is 0 Å². The minimum atomic E-state index is -1.10. The largest absolute Gasteiger partial charge is 0.485 e. The molecule has 8 heteroatoms. The maximum Gasteiger partial charge on any atom is 0.325 e. The molecule has 0 spiro atoms. The molecule has 1 aliphatic rings. The van der Waals surface area contributed by atoms with Crippen molar-refractivity contribution in [2.24, 2.45) is 0 Å². The van der Waals surface area contributed by atoms with Crippen LogP contribution in [0, 0.1) is 10.1 Å². The Morgan fingerprint density at radius 1 is 1.11 bits per heavy atom. The van der Waals surface area contributed by atoms with Gasteiger partial charge >= 0.3 is 11.7 Å². The molecule has 2 aromatic carbocycles. The van der Waals surface area contributed by atoms with E-state index in [0.29, 0.717) is 12.0 Å². The van der Waals surface area contributed by atoms with Crippen LogP contribution in [0.25, 0.3) is 0 Å². The summed E-state index contributed by atoms with van der Waals surface area (Å²) < 4.78 is 5.45. The maximum absolute atomic E-state index is 13.0. The van der Waals surface area contributed by atoms with Crippen molar-refractivity contribution in [1.29, 1.82) is 0 Å². The molecule has 1 saturated heterocycles. The first-order valence-corrected chi connectivity index (χ1v) is 8.55. The van der Waals surface area contributed by atoms with Crippen molar-refractivity contribution in [3.63, 3.8) is 0 Å². The van der Waals surface area contributed by atoms with E-state index in [1.54, 1.807) is 18.2 Å². The second kappa shape index (κ2) is 7.45. The molecule has 1 fully saturated rings. The van der Waals surface area contributed by atoms with Crippen LogP contribution >= 0.6 is 0 Å². The molecular formula is C19H19N3O5. The third kappa shape index (κ3) is 3.33. The van der Waals surface area contributed by atoms with E-state index in [2.05, 4.69) is 5.32 Å². The Bertz CT molecular complexity index is 871. The van der Waals surface area contributed by atoms with E-state index >= 15 is 0 Å². The highest BCUT2D eigenvalue weighted by Crippen LogP contribution is 2.32. The number of amides is 3. The van der Waals surface area contributed by atoms with Gasteiger partial charge in [-0.3, -0.25) is 19.8 Å². The summed E-state index contributed by atoms with van der Waals surface area (Å²) in [5.41, 5.74) is -0.549. The fourth-order valence-corrected chi connectivity index (χ4v) is 3.17. The van der Waals surface area contributed by atoms with Crippen molar-refractivity contribution in [1.82, 2.24) is 10.2 Å². The minimum Gasteiger partial charge on any atom is -0.485 e. The SMILES string of the molecule is CCC1(c2ccccc2)NC(=O)N(CCOc2ccccc2[N+](=O)[O-])C1=O. The van der Waals surface area contributed by atoms with Crippen LogP contribution in [-0.4, -0.2) is 34.9 Å². The molecule has 0 saturated carbocycles. The smallest absolute Gasteiger partial charge is 0.325 e. The Morgan fingerprint density at radius 3 is 2.44 bits per heavy atom. The molecule has 1 unspecified atom stereocenters. The van der Waals surface area contributed by atoms with Crippen LogP contribution in [0.1, 0.15) is 18.9 Å². The van der Waals surface area contributed by atoms with E-state index in [9.17, 15) is 19.7 Å². The molecule has 3 rings (SSSR count). The summed E-state index contributed by atoms with van der Waals surface area (Å²) in [4.78, 5) is 36.9. The van der Waals surface area contributed by atoms with Gasteiger partial charge in [0.25, 0.3) is 5.91 Å². The van der Waals surface area contributed by atoms with Gasteiger partial charge in [0.05, 0.1) is 11.5 Å². The highest BCUT2D eigenvalue weighted by molar-refractivity contribution is 6.07. The van der Waals surface area contributed by atoms with Gasteiger partial charge in [0.1, 0.15) is 12.1 Å². The van der Waals surface area contributed by atoms with Crippen LogP contribution in [0.5, 0.6) is 5.75 Å². The van der Waals surface area contributed by atoms with Crippen molar-refractivity contribution < 1.29 is 19.2 Å². The summed E-state index contributed by atoms with van der Waals surface area (Å²) in [5, 5.41) is 13.8. The summed E-state index contributed by atoms with van der Waals surface area (Å²) in [5.74, 6) is -0.258. The quantitative estimate of drug-likeness (QED) is 0.459. The number of carbonyl (C=O) groups is 2. The van der Waals surface area contributed by atoms with E-state index in [1.807, 2.05) is 25.1 Å². The fourth-order valence-electron chi connectivity index (χ4n) is 3.17. The fraction of sp³-hybridized carbons (Fsp3) is 0.263. The molecule has 2 aromatic rings. The number of rotatable bonds is 7. The Balaban J connectivity index is 1.73. The Labute approximate surface area is 155 Å². The Morgan fingerprint density at radius 2 is 1.78 bits per heavy atom. The highest BCUT2D eigenvalue weighted by Gasteiger charge is 2.50. The van der Waals surface area contributed by atoms with Crippen LogP contribution in [0.15, 0.2) is 54.6 Å². The van der Waals surface area contributed by atoms with E-state index < -0.39 is 16.5 Å². The number of urea groups is 1. The summed E-state index contributed by atoms with van der Waals surface area (Å²) in [6.07, 6.45) is 0.406. The average molecular weight is 369 g/mol. The van der Waals surface area contributed by atoms with Gasteiger partial charge in [-0.05, 0) is 18.1 Å². The van der Waals surface area contributed by atoms with E-state index in [1.165, 1.54) is 18.2 Å². The van der Waals surface area contributed by atoms with Crippen molar-refractivity contribution in [2.45, 2.75) is 18.9 Å². The lowest BCUT2D eigenvalue weighted by Gasteiger charge is -2.25. The molecule has 0 aromatic heterocycles. The monoisotopic (exact) mass is 369 g/mol. The number of imide groups is 1. The number of nitro benzene ring substituents is 1. The van der Waals surface area contributed by atoms with Gasteiger partial charge < -0.3 is 10.1 Å². The van der Waals surface area contributed by atoms with Crippen molar-refractivity contribution in [2.75, 3.05) is 13.2 Å². The van der Waals surface area contributed by atoms with E-state index in [4.69, 9.17) is 4.74 Å². The summed E-state index contributed by atoms with van der Waals surface area (Å²) in [7, 11) is 0. The van der Waals surface area contributed by atoms with Crippen LogP contribution < -0.4 is 10.1 Å². The highest BCUT2D eigenvalue weighted by atomic mass is 16.6. The van der Waals surface area contributed by atoms with E-state index in [0.717, 1.165) is 4.90 Å². The van der Waals surface area contributed by atoms with Crippen LogP contribution in [0.2, 0.25) is 0 Å². The predicted molar refractivity (Wildman–Crippen MR) is 97.2 cm³/mol. The number of ether oxygens (including phenoxy) is 1. The third-order valence-electron chi connectivity index (χ3n) is 4.61. The van der Waals surface area contributed by atoms with Crippen molar-refractivity contribution >= 4 is 17.6 Å². The van der Waals surface area contributed by atoms with Crippen LogP contribution in [-0.2, 0) is 10.3 Å². The molecular weight excluding hydrogens is 350 g/mol. The minimum absolute atomic E-state index is 0.00863. The second-order valence-electron chi connectivity index (χ2n) is 6.09. The first kappa shape index (κ1) is 18.4. The molecule has 1 aliphatic heterocycles. The van der Waals surface area contributed by atoms with Gasteiger partial charge in [0.15, 0.2) is 5.75 Å². The van der Waals surface area contributed by atoms with Gasteiger partial charge in [-0.15, -0.1) is 0 Å². The number of hydrogen-bond donors (Lipinski definition) is 1. The van der Waals surface area contributed by atoms with Crippen LogP contribution in [0.4, 0.5) is 10.5 Å². The summed E-state index contributed by atoms with van der Waals surface area (Å²) >= 11 is 0. The second-order valence-corrected chi connectivity index (χ2v) is 6.09. The number of nitrogens with one attached hydrogen (secondary N) is 1. The zero-order valence-electron chi connectivity index (χ0n) is 14.8. The molecule has 140 valence electrons. The van der Waals surface area contributed by atoms with Gasteiger partial charge in [0, 0.05) is 6.07 Å². The van der Waals surface area contributed by atoms with Gasteiger partial charge in [0.2, 0.25) is 0 Å². The zero-order valence-corrected chi connectivity index (χ0v) is 14.8. The van der Waals surface area contributed by atoms with Gasteiger partial charge in [-0.1, -0.05) is 49.4 Å². The normalized spacial score (nSPS) is 19.1. The lowest BCUT2D eigenvalue weighted by atomic mass is 9.87. The predicted octanol–water partition coefficient (Wildman–Crippen LogP) is 2.83. The molecule has 1 heterocycles. The molecule has 8 nitrogen and oxygen atoms in total. The number of para-hydroxylation sites is 2. The molecule has 0 aliphatic carbocycles. The Kier molecular flexibility index (Phi) is 5.07. The lowest BCUT2D eigenvalue weighted by Crippen LogP contribution is -2.43. The summed E-state index contributed by atoms with van der Waals surface area (Å²) in [6.45, 7) is 1.78. The standard InChI is InChI=1S/C19H19N3O5/c1-2-19(14-8-4-3-5-9-14)17(23)21(18(24)20-19)12-13-27-16-11-7-6-10-15(16)22(25)26/h3-11H,2,12-13H2,1H3,(H,20,24). The summed E-state index contributed by atoms with van der Waals surface area (Å²) in [6, 6.07) is 14.5. The van der Waals surface area contributed by atoms with Crippen molar-refractivity contribution in [3.8, 4) is 5.75 Å². The molecule has 1 atom stereocenters. The lowest BCUT2D eigenvalue weighted by molar-refractivity contribution is -0.385. The maximum atomic E-state index is 13.0. The number of carbonyl (C=O) groups excluding carboxylic acids is 2. The van der Waals surface area contributed by atoms with Crippen molar-refractivity contribution in [3.05, 3.63) is 70.3 Å². The molecule has 0 radical (unpaired) electrons. The molecule has 27 heavy (non-hydrogen) atoms. The number of hydrogen-bond acceptors (Lipinski definition) is 5. The molecule has 0 bridgehead atoms. The van der Waals surface area contributed by atoms with Gasteiger partial charge in [-0.25, -0.2) is 4.79 Å². The number of nitrogens with zero attached hydrogens (tertiary/aromatic N) is 2. The first-order chi connectivity index (χ1) is 13.0. The average Bonchev–Trinajstić information content (AvgIpc) is 2.94.